The Hall–Kier alpha value is -2.25. The number of benzene rings is 1. The second-order valence-corrected chi connectivity index (χ2v) is 4.86. The number of halogens is 3. The van der Waals surface area contributed by atoms with Crippen molar-refractivity contribution in [3.05, 3.63) is 24.3 Å². The number of carbonyl (C=O) groups is 2. The summed E-state index contributed by atoms with van der Waals surface area (Å²) in [6.07, 6.45) is -2.22. The molecule has 1 aromatic carbocycles. The van der Waals surface area contributed by atoms with E-state index in [1.54, 1.807) is 0 Å². The zero-order chi connectivity index (χ0) is 16.2. The van der Waals surface area contributed by atoms with Gasteiger partial charge in [-0.1, -0.05) is 6.42 Å². The molecule has 5 nitrogen and oxygen atoms in total. The van der Waals surface area contributed by atoms with Crippen molar-refractivity contribution in [3.63, 3.8) is 0 Å². The number of hydrogen-bond donors (Lipinski definition) is 1. The van der Waals surface area contributed by atoms with Crippen molar-refractivity contribution < 1.29 is 32.2 Å². The second kappa shape index (κ2) is 6.67. The fraction of sp³-hybridized carbons (Fsp3) is 0.429. The first-order valence-electron chi connectivity index (χ1n) is 6.66. The number of alkyl halides is 3. The molecule has 0 spiro atoms. The molecule has 1 amide bonds. The Labute approximate surface area is 124 Å². The van der Waals surface area contributed by atoms with Crippen LogP contribution in [0.5, 0.6) is 5.75 Å². The summed E-state index contributed by atoms with van der Waals surface area (Å²) in [5.41, 5.74) is 0.277. The zero-order valence-corrected chi connectivity index (χ0v) is 11.5. The van der Waals surface area contributed by atoms with Crippen molar-refractivity contribution in [1.82, 2.24) is 0 Å². The molecule has 120 valence electrons. The second-order valence-electron chi connectivity index (χ2n) is 4.86. The smallest absolute Gasteiger partial charge is 0.455 e. The summed E-state index contributed by atoms with van der Waals surface area (Å²) in [5.74, 6) is -1.46. The normalized spacial score (nSPS) is 14.9. The highest BCUT2D eigenvalue weighted by molar-refractivity contribution is 5.93. The average Bonchev–Trinajstić information content (AvgIpc) is 2.35. The molecule has 1 fully saturated rings. The molecular formula is C14H14F3NO4. The molecule has 2 rings (SSSR count). The van der Waals surface area contributed by atoms with Gasteiger partial charge >= 0.3 is 12.3 Å². The zero-order valence-electron chi connectivity index (χ0n) is 11.5. The molecular weight excluding hydrogens is 303 g/mol. The van der Waals surface area contributed by atoms with Gasteiger partial charge < -0.3 is 14.8 Å². The molecule has 1 saturated carbocycles. The van der Waals surface area contributed by atoms with Gasteiger partial charge in [0.2, 0.25) is 0 Å². The van der Waals surface area contributed by atoms with Crippen LogP contribution in [-0.4, -0.2) is 24.8 Å². The van der Waals surface area contributed by atoms with Crippen molar-refractivity contribution in [2.75, 3.05) is 11.9 Å². The van der Waals surface area contributed by atoms with E-state index in [0.717, 1.165) is 31.4 Å². The summed E-state index contributed by atoms with van der Waals surface area (Å²) in [6, 6.07) is 4.66. The van der Waals surface area contributed by atoms with Crippen LogP contribution in [0.15, 0.2) is 24.3 Å². The topological polar surface area (TPSA) is 64.6 Å². The van der Waals surface area contributed by atoms with E-state index in [0.29, 0.717) is 0 Å². The molecule has 0 radical (unpaired) electrons. The van der Waals surface area contributed by atoms with E-state index in [2.05, 4.69) is 10.1 Å². The highest BCUT2D eigenvalue weighted by Gasteiger charge is 2.31. The fourth-order valence-corrected chi connectivity index (χ4v) is 1.84. The molecule has 0 saturated heterocycles. The summed E-state index contributed by atoms with van der Waals surface area (Å²) >= 11 is 0. The average molecular weight is 317 g/mol. The Morgan fingerprint density at radius 2 is 1.82 bits per heavy atom. The molecule has 0 unspecified atom stereocenters. The minimum absolute atomic E-state index is 0.119. The van der Waals surface area contributed by atoms with Gasteiger partial charge in [-0.05, 0) is 37.1 Å². The van der Waals surface area contributed by atoms with Crippen LogP contribution in [0.4, 0.5) is 18.9 Å². The minimum Gasteiger partial charge on any atom is -0.455 e. The van der Waals surface area contributed by atoms with E-state index in [1.165, 1.54) is 12.1 Å². The van der Waals surface area contributed by atoms with Crippen molar-refractivity contribution in [1.29, 1.82) is 0 Å². The van der Waals surface area contributed by atoms with Crippen LogP contribution < -0.4 is 10.1 Å². The van der Waals surface area contributed by atoms with E-state index in [1.807, 2.05) is 0 Å². The van der Waals surface area contributed by atoms with Gasteiger partial charge in [0.1, 0.15) is 5.75 Å². The first kappa shape index (κ1) is 16.1. The van der Waals surface area contributed by atoms with E-state index < -0.39 is 24.8 Å². The number of nitrogens with one attached hydrogen (secondary N) is 1. The number of hydrogen-bond acceptors (Lipinski definition) is 4. The highest BCUT2D eigenvalue weighted by Crippen LogP contribution is 2.27. The number of ether oxygens (including phenoxy) is 2. The molecule has 0 aromatic heterocycles. The van der Waals surface area contributed by atoms with Gasteiger partial charge in [-0.2, -0.15) is 0 Å². The van der Waals surface area contributed by atoms with Gasteiger partial charge in [-0.15, -0.1) is 13.2 Å². The van der Waals surface area contributed by atoms with Crippen LogP contribution in [0, 0.1) is 5.92 Å². The van der Waals surface area contributed by atoms with Crippen molar-refractivity contribution in [2.45, 2.75) is 25.6 Å². The number of amides is 1. The van der Waals surface area contributed by atoms with Crippen LogP contribution in [-0.2, 0) is 14.3 Å². The molecule has 0 aliphatic heterocycles. The summed E-state index contributed by atoms with van der Waals surface area (Å²) in [6.45, 7) is -0.421. The third-order valence-corrected chi connectivity index (χ3v) is 3.16. The molecule has 0 bridgehead atoms. The van der Waals surface area contributed by atoms with Crippen LogP contribution in [0.25, 0.3) is 0 Å². The van der Waals surface area contributed by atoms with Gasteiger partial charge in [0, 0.05) is 5.69 Å². The van der Waals surface area contributed by atoms with Gasteiger partial charge in [-0.25, -0.2) is 0 Å². The predicted molar refractivity (Wildman–Crippen MR) is 70.1 cm³/mol. The van der Waals surface area contributed by atoms with Crippen LogP contribution in [0.3, 0.4) is 0 Å². The van der Waals surface area contributed by atoms with E-state index in [4.69, 9.17) is 4.74 Å². The number of carbonyl (C=O) groups excluding carboxylic acids is 2. The van der Waals surface area contributed by atoms with Gasteiger partial charge in [0.25, 0.3) is 5.91 Å². The van der Waals surface area contributed by atoms with Gasteiger partial charge in [0.05, 0.1) is 5.92 Å². The molecule has 1 aliphatic carbocycles. The Morgan fingerprint density at radius 1 is 1.18 bits per heavy atom. The molecule has 0 atom stereocenters. The lowest BCUT2D eigenvalue weighted by molar-refractivity contribution is -0.274. The summed E-state index contributed by atoms with van der Waals surface area (Å²) in [7, 11) is 0. The lowest BCUT2D eigenvalue weighted by Gasteiger charge is -2.22. The monoisotopic (exact) mass is 317 g/mol. The molecule has 0 heterocycles. The van der Waals surface area contributed by atoms with E-state index in [9.17, 15) is 22.8 Å². The number of rotatable bonds is 5. The van der Waals surface area contributed by atoms with Gasteiger partial charge in [0.15, 0.2) is 6.61 Å². The van der Waals surface area contributed by atoms with Crippen molar-refractivity contribution >= 4 is 17.6 Å². The maximum absolute atomic E-state index is 12.0. The predicted octanol–water partition coefficient (Wildman–Crippen LogP) is 2.87. The Morgan fingerprint density at radius 3 is 2.32 bits per heavy atom. The fourth-order valence-electron chi connectivity index (χ4n) is 1.84. The van der Waals surface area contributed by atoms with Crippen LogP contribution >= 0.6 is 0 Å². The standard InChI is InChI=1S/C14H14F3NO4/c15-14(16,17)22-11-6-4-10(5-7-11)18-12(19)8-21-13(20)9-2-1-3-9/h4-7,9H,1-3,8H2,(H,18,19). The van der Waals surface area contributed by atoms with Crippen LogP contribution in [0.1, 0.15) is 19.3 Å². The SMILES string of the molecule is O=C(COC(=O)C1CCC1)Nc1ccc(OC(F)(F)F)cc1. The Kier molecular flexibility index (Phi) is 4.89. The van der Waals surface area contributed by atoms with Crippen LogP contribution in [0.2, 0.25) is 0 Å². The molecule has 22 heavy (non-hydrogen) atoms. The summed E-state index contributed by atoms with van der Waals surface area (Å²) < 4.78 is 44.5. The molecule has 8 heteroatoms. The third-order valence-electron chi connectivity index (χ3n) is 3.16. The van der Waals surface area contributed by atoms with E-state index in [-0.39, 0.29) is 17.4 Å². The Bertz CT molecular complexity index is 538. The highest BCUT2D eigenvalue weighted by atomic mass is 19.4. The molecule has 1 N–H and O–H groups in total. The first-order chi connectivity index (χ1) is 10.3. The maximum atomic E-state index is 12.0. The number of anilines is 1. The largest absolute Gasteiger partial charge is 0.573 e. The maximum Gasteiger partial charge on any atom is 0.573 e. The quantitative estimate of drug-likeness (QED) is 0.848. The summed E-state index contributed by atoms with van der Waals surface area (Å²) in [5, 5.41) is 2.41. The Balaban J connectivity index is 1.77. The molecule has 1 aliphatic rings. The van der Waals surface area contributed by atoms with E-state index >= 15 is 0 Å². The van der Waals surface area contributed by atoms with Crippen molar-refractivity contribution in [3.8, 4) is 5.75 Å². The molecule has 1 aromatic rings. The van der Waals surface area contributed by atoms with Crippen molar-refractivity contribution in [2.24, 2.45) is 5.92 Å². The number of esters is 1. The third kappa shape index (κ3) is 4.94. The van der Waals surface area contributed by atoms with Gasteiger partial charge in [-0.3, -0.25) is 9.59 Å². The lowest BCUT2D eigenvalue weighted by atomic mass is 9.86. The lowest BCUT2D eigenvalue weighted by Crippen LogP contribution is -2.28. The minimum atomic E-state index is -4.76. The summed E-state index contributed by atoms with van der Waals surface area (Å²) in [4.78, 5) is 23.0. The first-order valence-corrected chi connectivity index (χ1v) is 6.66.